The molecular formula is C19H18ClF3N2O2. The molecule has 0 unspecified atom stereocenters. The molecule has 8 heteroatoms. The van der Waals surface area contributed by atoms with Crippen LogP contribution in [0.15, 0.2) is 47.5 Å². The van der Waals surface area contributed by atoms with E-state index in [9.17, 15) is 18.0 Å². The van der Waals surface area contributed by atoms with Gasteiger partial charge in [-0.3, -0.25) is 9.79 Å². The Bertz CT molecular complexity index is 819. The number of ether oxygens (including phenoxy) is 1. The summed E-state index contributed by atoms with van der Waals surface area (Å²) in [6, 6.07) is 10.1. The first-order chi connectivity index (χ1) is 12.6. The smallest absolute Gasteiger partial charge is 0.417 e. The number of benzene rings is 2. The molecule has 1 amide bonds. The second-order valence-electron chi connectivity index (χ2n) is 6.00. The molecule has 2 aromatic carbocycles. The van der Waals surface area contributed by atoms with E-state index in [0.29, 0.717) is 11.3 Å². The van der Waals surface area contributed by atoms with Crippen LogP contribution in [0.25, 0.3) is 0 Å². The predicted molar refractivity (Wildman–Crippen MR) is 98.9 cm³/mol. The highest BCUT2D eigenvalue weighted by molar-refractivity contribution is 6.31. The zero-order valence-corrected chi connectivity index (χ0v) is 15.4. The Morgan fingerprint density at radius 2 is 1.89 bits per heavy atom. The van der Waals surface area contributed by atoms with Gasteiger partial charge < -0.3 is 10.1 Å². The van der Waals surface area contributed by atoms with Gasteiger partial charge in [0.15, 0.2) is 6.61 Å². The van der Waals surface area contributed by atoms with Crippen LogP contribution in [-0.4, -0.2) is 24.8 Å². The maximum atomic E-state index is 12.9. The van der Waals surface area contributed by atoms with E-state index in [1.165, 1.54) is 12.3 Å². The van der Waals surface area contributed by atoms with Crippen molar-refractivity contribution in [3.05, 3.63) is 58.6 Å². The van der Waals surface area contributed by atoms with E-state index in [1.807, 2.05) is 13.8 Å². The molecule has 0 aliphatic carbocycles. The molecule has 0 spiro atoms. The van der Waals surface area contributed by atoms with Crippen molar-refractivity contribution in [3.63, 3.8) is 0 Å². The lowest BCUT2D eigenvalue weighted by Crippen LogP contribution is -2.34. The molecule has 0 bridgehead atoms. The Hall–Kier alpha value is -2.54. The summed E-state index contributed by atoms with van der Waals surface area (Å²) in [5.41, 5.74) is -0.128. The van der Waals surface area contributed by atoms with Crippen LogP contribution < -0.4 is 10.1 Å². The third kappa shape index (κ3) is 6.60. The van der Waals surface area contributed by atoms with Crippen LogP contribution in [0, 0.1) is 0 Å². The van der Waals surface area contributed by atoms with Crippen LogP contribution in [0.1, 0.15) is 25.0 Å². The number of alkyl halides is 3. The van der Waals surface area contributed by atoms with Crippen molar-refractivity contribution in [2.24, 2.45) is 4.99 Å². The minimum absolute atomic E-state index is 0.0328. The van der Waals surface area contributed by atoms with Gasteiger partial charge in [-0.1, -0.05) is 11.6 Å². The lowest BCUT2D eigenvalue weighted by molar-refractivity contribution is -0.137. The van der Waals surface area contributed by atoms with E-state index in [1.54, 1.807) is 24.3 Å². The summed E-state index contributed by atoms with van der Waals surface area (Å²) in [6.45, 7) is 3.60. The maximum absolute atomic E-state index is 12.9. The summed E-state index contributed by atoms with van der Waals surface area (Å²) in [7, 11) is 0. The zero-order chi connectivity index (χ0) is 20.0. The van der Waals surface area contributed by atoms with Crippen molar-refractivity contribution < 1.29 is 22.7 Å². The van der Waals surface area contributed by atoms with Crippen molar-refractivity contribution in [1.82, 2.24) is 5.32 Å². The topological polar surface area (TPSA) is 50.7 Å². The van der Waals surface area contributed by atoms with Crippen molar-refractivity contribution in [2.45, 2.75) is 26.1 Å². The van der Waals surface area contributed by atoms with Crippen LogP contribution in [0.2, 0.25) is 5.02 Å². The molecule has 1 N–H and O–H groups in total. The Morgan fingerprint density at radius 1 is 1.22 bits per heavy atom. The number of aliphatic imine (C=N–C) groups is 1. The number of carbonyl (C=O) groups excluding carboxylic acids is 1. The van der Waals surface area contributed by atoms with E-state index in [0.717, 1.165) is 12.1 Å². The average molecular weight is 399 g/mol. The number of hydrogen-bond acceptors (Lipinski definition) is 3. The fourth-order valence-electron chi connectivity index (χ4n) is 2.12. The van der Waals surface area contributed by atoms with Crippen LogP contribution in [0.4, 0.5) is 18.9 Å². The van der Waals surface area contributed by atoms with Gasteiger partial charge in [-0.05, 0) is 61.9 Å². The molecule has 0 aliphatic rings. The summed E-state index contributed by atoms with van der Waals surface area (Å²) in [5.74, 6) is 0.274. The average Bonchev–Trinajstić information content (AvgIpc) is 2.58. The zero-order valence-electron chi connectivity index (χ0n) is 14.7. The second-order valence-corrected chi connectivity index (χ2v) is 6.41. The van der Waals surface area contributed by atoms with Crippen LogP contribution >= 0.6 is 11.6 Å². The summed E-state index contributed by atoms with van der Waals surface area (Å²) in [4.78, 5) is 15.6. The third-order valence-electron chi connectivity index (χ3n) is 3.32. The van der Waals surface area contributed by atoms with Crippen molar-refractivity contribution in [3.8, 4) is 5.75 Å². The summed E-state index contributed by atoms with van der Waals surface area (Å²) in [5, 5.41) is 2.34. The molecule has 144 valence electrons. The molecule has 0 radical (unpaired) electrons. The van der Waals surface area contributed by atoms with Gasteiger partial charge in [0, 0.05) is 12.3 Å². The molecule has 4 nitrogen and oxygen atoms in total. The fraction of sp³-hybridized carbons (Fsp3) is 0.263. The molecular weight excluding hydrogens is 381 g/mol. The van der Waals surface area contributed by atoms with Crippen molar-refractivity contribution in [2.75, 3.05) is 6.61 Å². The molecule has 27 heavy (non-hydrogen) atoms. The minimum atomic E-state index is -4.54. The molecule has 0 saturated heterocycles. The number of carbonyl (C=O) groups is 1. The molecule has 0 fully saturated rings. The SMILES string of the molecule is CC(C)NC(=O)COc1ccc(C=Nc2ccc(Cl)c(C(F)(F)F)c2)cc1. The number of amides is 1. The van der Waals surface area contributed by atoms with E-state index < -0.39 is 11.7 Å². The summed E-state index contributed by atoms with van der Waals surface area (Å²) in [6.07, 6.45) is -3.11. The Kier molecular flexibility index (Phi) is 6.85. The number of rotatable bonds is 6. The first-order valence-corrected chi connectivity index (χ1v) is 8.46. The standard InChI is InChI=1S/C19H18ClF3N2O2/c1-12(2)25-18(26)11-27-15-6-3-13(4-7-15)10-24-14-5-8-17(20)16(9-14)19(21,22)23/h3-10,12H,11H2,1-2H3,(H,25,26). The van der Waals surface area contributed by atoms with E-state index in [4.69, 9.17) is 16.3 Å². The third-order valence-corrected chi connectivity index (χ3v) is 3.65. The first-order valence-electron chi connectivity index (χ1n) is 8.08. The van der Waals surface area contributed by atoms with E-state index >= 15 is 0 Å². The van der Waals surface area contributed by atoms with Crippen molar-refractivity contribution >= 4 is 29.4 Å². The molecule has 0 atom stereocenters. The number of nitrogens with one attached hydrogen (secondary N) is 1. The van der Waals surface area contributed by atoms with Gasteiger partial charge in [-0.25, -0.2) is 0 Å². The predicted octanol–water partition coefficient (Wildman–Crippen LogP) is 5.01. The molecule has 2 rings (SSSR count). The minimum Gasteiger partial charge on any atom is -0.484 e. The monoisotopic (exact) mass is 398 g/mol. The molecule has 2 aromatic rings. The van der Waals surface area contributed by atoms with Gasteiger partial charge in [-0.2, -0.15) is 13.2 Å². The second kappa shape index (κ2) is 8.90. The van der Waals surface area contributed by atoms with Crippen LogP contribution in [-0.2, 0) is 11.0 Å². The molecule has 0 aliphatic heterocycles. The lowest BCUT2D eigenvalue weighted by atomic mass is 10.2. The summed E-state index contributed by atoms with van der Waals surface area (Å²) < 4.78 is 43.9. The van der Waals surface area contributed by atoms with Crippen LogP contribution in [0.3, 0.4) is 0 Å². The normalized spacial score (nSPS) is 11.8. The number of hydrogen-bond donors (Lipinski definition) is 1. The lowest BCUT2D eigenvalue weighted by Gasteiger charge is -2.10. The maximum Gasteiger partial charge on any atom is 0.417 e. The highest BCUT2D eigenvalue weighted by Gasteiger charge is 2.33. The Morgan fingerprint density at radius 3 is 2.48 bits per heavy atom. The molecule has 0 heterocycles. The quantitative estimate of drug-likeness (QED) is 0.695. The van der Waals surface area contributed by atoms with E-state index in [2.05, 4.69) is 10.3 Å². The summed E-state index contributed by atoms with van der Waals surface area (Å²) >= 11 is 5.58. The number of nitrogens with zero attached hydrogens (tertiary/aromatic N) is 1. The van der Waals surface area contributed by atoms with Gasteiger partial charge >= 0.3 is 6.18 Å². The Balaban J connectivity index is 2.01. The largest absolute Gasteiger partial charge is 0.484 e. The highest BCUT2D eigenvalue weighted by atomic mass is 35.5. The van der Waals surface area contributed by atoms with Gasteiger partial charge in [0.2, 0.25) is 0 Å². The van der Waals surface area contributed by atoms with Gasteiger partial charge in [0.05, 0.1) is 16.3 Å². The fourth-order valence-corrected chi connectivity index (χ4v) is 2.35. The van der Waals surface area contributed by atoms with Gasteiger partial charge in [0.25, 0.3) is 5.91 Å². The molecule has 0 aromatic heterocycles. The highest BCUT2D eigenvalue weighted by Crippen LogP contribution is 2.36. The van der Waals surface area contributed by atoms with Crippen LogP contribution in [0.5, 0.6) is 5.75 Å². The van der Waals surface area contributed by atoms with E-state index in [-0.39, 0.29) is 29.3 Å². The number of halogens is 4. The van der Waals surface area contributed by atoms with Gasteiger partial charge in [0.1, 0.15) is 5.75 Å². The first kappa shape index (κ1) is 20.8. The van der Waals surface area contributed by atoms with Crippen molar-refractivity contribution in [1.29, 1.82) is 0 Å². The molecule has 0 saturated carbocycles. The Labute approximate surface area is 160 Å². The van der Waals surface area contributed by atoms with Gasteiger partial charge in [-0.15, -0.1) is 0 Å².